The van der Waals surface area contributed by atoms with Crippen LogP contribution in [0.3, 0.4) is 0 Å². The van der Waals surface area contributed by atoms with E-state index in [1.54, 1.807) is 6.08 Å². The van der Waals surface area contributed by atoms with Crippen molar-refractivity contribution in [3.05, 3.63) is 28.2 Å². The van der Waals surface area contributed by atoms with Crippen molar-refractivity contribution in [2.45, 2.75) is 44.1 Å². The van der Waals surface area contributed by atoms with Crippen molar-refractivity contribution < 1.29 is 9.53 Å². The highest BCUT2D eigenvalue weighted by Gasteiger charge is 2.38. The maximum absolute atomic E-state index is 10.8. The molecule has 106 valence electrons. The minimum Gasteiger partial charge on any atom is -0.492 e. The molecule has 0 saturated heterocycles. The van der Waals surface area contributed by atoms with E-state index in [9.17, 15) is 4.79 Å². The van der Waals surface area contributed by atoms with E-state index in [1.165, 1.54) is 12.8 Å². The molecule has 1 aromatic rings. The van der Waals surface area contributed by atoms with Gasteiger partial charge >= 0.3 is 0 Å². The summed E-state index contributed by atoms with van der Waals surface area (Å²) >= 11 is 3.65. The number of ether oxygens (including phenoxy) is 1. The molecule has 2 aliphatic carbocycles. The van der Waals surface area contributed by atoms with Crippen LogP contribution in [0.2, 0.25) is 0 Å². The first kappa shape index (κ1) is 13.8. The molecule has 2 aliphatic rings. The molecular formula is C16H18BrNO2. The number of hydrogen-bond donors (Lipinski definition) is 0. The minimum absolute atomic E-state index is 0.403. The maximum atomic E-state index is 10.8. The topological polar surface area (TPSA) is 38.7 Å². The van der Waals surface area contributed by atoms with Crippen molar-refractivity contribution in [1.29, 1.82) is 0 Å². The van der Waals surface area contributed by atoms with Gasteiger partial charge in [0.05, 0.1) is 16.6 Å². The predicted molar refractivity (Wildman–Crippen MR) is 80.6 cm³/mol. The van der Waals surface area contributed by atoms with E-state index >= 15 is 0 Å². The monoisotopic (exact) mass is 335 g/mol. The van der Waals surface area contributed by atoms with Gasteiger partial charge in [0.25, 0.3) is 0 Å². The number of nitrogens with zero attached hydrogens (tertiary/aromatic N) is 1. The van der Waals surface area contributed by atoms with Crippen molar-refractivity contribution >= 4 is 22.0 Å². The molecule has 2 fully saturated rings. The first-order valence-corrected chi connectivity index (χ1v) is 8.05. The summed E-state index contributed by atoms with van der Waals surface area (Å²) in [4.78, 5) is 15.0. The fourth-order valence-corrected chi connectivity index (χ4v) is 3.71. The number of benzene rings is 1. The number of halogens is 1. The molecule has 3 rings (SSSR count). The molecule has 0 heterocycles. The molecule has 0 atom stereocenters. The summed E-state index contributed by atoms with van der Waals surface area (Å²) < 4.78 is 6.84. The Morgan fingerprint density at radius 1 is 1.35 bits per heavy atom. The summed E-state index contributed by atoms with van der Waals surface area (Å²) in [6, 6.07) is 6.01. The van der Waals surface area contributed by atoms with Gasteiger partial charge in [-0.15, -0.1) is 0 Å². The molecule has 0 bridgehead atoms. The number of carbonyl (C=O) groups excluding carboxylic acids is 1. The van der Waals surface area contributed by atoms with Crippen molar-refractivity contribution in [3.8, 4) is 5.75 Å². The maximum Gasteiger partial charge on any atom is 0.235 e. The van der Waals surface area contributed by atoms with Gasteiger partial charge in [0.15, 0.2) is 0 Å². The van der Waals surface area contributed by atoms with Crippen LogP contribution in [0.1, 0.15) is 44.1 Å². The quantitative estimate of drug-likeness (QED) is 0.592. The average Bonchev–Trinajstić information content (AvgIpc) is 3.16. The van der Waals surface area contributed by atoms with E-state index in [1.807, 2.05) is 18.2 Å². The number of aliphatic imine (C=N–C) groups is 1. The highest BCUT2D eigenvalue weighted by atomic mass is 79.9. The number of hydrogen-bond acceptors (Lipinski definition) is 3. The second-order valence-electron chi connectivity index (χ2n) is 5.81. The van der Waals surface area contributed by atoms with Gasteiger partial charge in [-0.3, -0.25) is 0 Å². The van der Waals surface area contributed by atoms with Gasteiger partial charge in [-0.25, -0.2) is 4.79 Å². The zero-order valence-corrected chi connectivity index (χ0v) is 13.0. The third-order valence-electron chi connectivity index (χ3n) is 4.33. The molecule has 0 unspecified atom stereocenters. The van der Waals surface area contributed by atoms with Crippen LogP contribution in [0.15, 0.2) is 27.7 Å². The van der Waals surface area contributed by atoms with Gasteiger partial charge in [0, 0.05) is 0 Å². The molecule has 2 saturated carbocycles. The molecule has 3 nitrogen and oxygen atoms in total. The van der Waals surface area contributed by atoms with Crippen LogP contribution >= 0.6 is 15.9 Å². The lowest BCUT2D eigenvalue weighted by Crippen LogP contribution is -2.20. The summed E-state index contributed by atoms with van der Waals surface area (Å²) in [5, 5.41) is 0. The van der Waals surface area contributed by atoms with Crippen LogP contribution in [0.5, 0.6) is 5.75 Å². The lowest BCUT2D eigenvalue weighted by Gasteiger charge is -2.25. The molecule has 0 N–H and O–H groups in total. The Hall–Kier alpha value is -1.12. The molecule has 20 heavy (non-hydrogen) atoms. The van der Waals surface area contributed by atoms with Crippen LogP contribution in [-0.2, 0) is 10.3 Å². The fraction of sp³-hybridized carbons (Fsp3) is 0.562. The van der Waals surface area contributed by atoms with Gasteiger partial charge in [-0.1, -0.05) is 25.0 Å². The van der Waals surface area contributed by atoms with E-state index < -0.39 is 5.54 Å². The first-order chi connectivity index (χ1) is 9.75. The molecule has 1 aromatic carbocycles. The van der Waals surface area contributed by atoms with Gasteiger partial charge in [0.1, 0.15) is 5.75 Å². The standard InChI is InChI=1S/C16H18BrNO2/c17-15-13(16(18-11-19)8-1-2-9-16)4-3-5-14(15)20-10-12-6-7-12/h3-5,12H,1-2,6-10H2. The number of isocyanates is 1. The average molecular weight is 336 g/mol. The van der Waals surface area contributed by atoms with Gasteiger partial charge in [-0.05, 0) is 59.2 Å². The summed E-state index contributed by atoms with van der Waals surface area (Å²) in [6.07, 6.45) is 8.34. The van der Waals surface area contributed by atoms with E-state index in [4.69, 9.17) is 4.74 Å². The Morgan fingerprint density at radius 3 is 2.75 bits per heavy atom. The van der Waals surface area contributed by atoms with Gasteiger partial charge in [0.2, 0.25) is 6.08 Å². The highest BCUT2D eigenvalue weighted by molar-refractivity contribution is 9.10. The molecule has 0 radical (unpaired) electrons. The normalized spacial score (nSPS) is 20.4. The molecule has 0 aromatic heterocycles. The lowest BCUT2D eigenvalue weighted by molar-refractivity contribution is 0.296. The summed E-state index contributed by atoms with van der Waals surface area (Å²) in [5.74, 6) is 1.58. The largest absolute Gasteiger partial charge is 0.492 e. The SMILES string of the molecule is O=C=NC1(c2cccc(OCC3CC3)c2Br)CCCC1. The van der Waals surface area contributed by atoms with E-state index in [0.717, 1.165) is 54.0 Å². The van der Waals surface area contributed by atoms with Gasteiger partial charge < -0.3 is 4.74 Å². The Kier molecular flexibility index (Phi) is 3.95. The molecule has 0 amide bonds. The van der Waals surface area contributed by atoms with Crippen molar-refractivity contribution in [1.82, 2.24) is 0 Å². The van der Waals surface area contributed by atoms with Gasteiger partial charge in [-0.2, -0.15) is 4.99 Å². The zero-order valence-electron chi connectivity index (χ0n) is 11.4. The summed E-state index contributed by atoms with van der Waals surface area (Å²) in [5.41, 5.74) is 0.658. The third-order valence-corrected chi connectivity index (χ3v) is 5.14. The van der Waals surface area contributed by atoms with Crippen LogP contribution in [-0.4, -0.2) is 12.7 Å². The molecular weight excluding hydrogens is 318 g/mol. The van der Waals surface area contributed by atoms with Crippen molar-refractivity contribution in [2.75, 3.05) is 6.61 Å². The Balaban J connectivity index is 1.91. The van der Waals surface area contributed by atoms with E-state index in [-0.39, 0.29) is 0 Å². The summed E-state index contributed by atoms with van der Waals surface area (Å²) in [6.45, 7) is 0.784. The molecule has 4 heteroatoms. The first-order valence-electron chi connectivity index (χ1n) is 7.26. The van der Waals surface area contributed by atoms with Crippen LogP contribution in [0.4, 0.5) is 0 Å². The smallest absolute Gasteiger partial charge is 0.235 e. The Labute approximate surface area is 127 Å². The van der Waals surface area contributed by atoms with Crippen LogP contribution in [0.25, 0.3) is 0 Å². The highest BCUT2D eigenvalue weighted by Crippen LogP contribution is 2.47. The zero-order chi connectivity index (χ0) is 14.0. The van der Waals surface area contributed by atoms with E-state index in [2.05, 4.69) is 20.9 Å². The Morgan fingerprint density at radius 2 is 2.10 bits per heavy atom. The molecule has 0 spiro atoms. The Bertz CT molecular complexity index is 541. The van der Waals surface area contributed by atoms with E-state index in [0.29, 0.717) is 0 Å². The number of rotatable bonds is 5. The fourth-order valence-electron chi connectivity index (χ4n) is 2.96. The second kappa shape index (κ2) is 5.71. The molecule has 0 aliphatic heterocycles. The van der Waals surface area contributed by atoms with Crippen LogP contribution in [0, 0.1) is 5.92 Å². The predicted octanol–water partition coefficient (Wildman–Crippen LogP) is 4.34. The third kappa shape index (κ3) is 2.68. The second-order valence-corrected chi connectivity index (χ2v) is 6.61. The van der Waals surface area contributed by atoms with Crippen molar-refractivity contribution in [3.63, 3.8) is 0 Å². The minimum atomic E-state index is -0.403. The van der Waals surface area contributed by atoms with Crippen molar-refractivity contribution in [2.24, 2.45) is 10.9 Å². The van der Waals surface area contributed by atoms with Crippen LogP contribution < -0.4 is 4.74 Å². The lowest BCUT2D eigenvalue weighted by atomic mass is 9.89. The summed E-state index contributed by atoms with van der Waals surface area (Å²) in [7, 11) is 0.